The van der Waals surface area contributed by atoms with Crippen LogP contribution in [0, 0.1) is 6.92 Å². The molecule has 168 valence electrons. The van der Waals surface area contributed by atoms with E-state index in [0.717, 1.165) is 38.3 Å². The molecular formula is C22H34N2O6. The Bertz CT molecular complexity index is 735. The summed E-state index contributed by atoms with van der Waals surface area (Å²) in [4.78, 5) is 33.1. The molecule has 0 saturated carbocycles. The predicted octanol–water partition coefficient (Wildman–Crippen LogP) is 2.79. The zero-order valence-corrected chi connectivity index (χ0v) is 18.5. The topological polar surface area (TPSA) is 116 Å². The highest BCUT2D eigenvalue weighted by Gasteiger charge is 2.39. The lowest BCUT2D eigenvalue weighted by molar-refractivity contribution is -0.159. The Labute approximate surface area is 178 Å². The maximum Gasteiger partial charge on any atom is 0.414 e. The number of fused-ring (bicyclic) bond motifs is 1. The van der Waals surface area contributed by atoms with Gasteiger partial charge in [-0.1, -0.05) is 24.6 Å². The number of amides is 1. The van der Waals surface area contributed by atoms with Crippen LogP contribution in [0.25, 0.3) is 0 Å². The second-order valence-corrected chi connectivity index (χ2v) is 8.05. The van der Waals surface area contributed by atoms with Crippen molar-refractivity contribution in [3.05, 3.63) is 29.3 Å². The summed E-state index contributed by atoms with van der Waals surface area (Å²) in [7, 11) is 0. The summed E-state index contributed by atoms with van der Waals surface area (Å²) >= 11 is 0. The molecule has 1 aliphatic rings. The minimum Gasteiger partial charge on any atom is -0.473 e. The zero-order chi connectivity index (χ0) is 22.9. The third-order valence-corrected chi connectivity index (χ3v) is 4.92. The molecule has 3 N–H and O–H groups in total. The molecular weight excluding hydrogens is 388 g/mol. The van der Waals surface area contributed by atoms with Crippen LogP contribution in [0.15, 0.2) is 18.2 Å². The average molecular weight is 423 g/mol. The number of carbonyl (C=O) groups excluding carboxylic acids is 1. The molecule has 0 radical (unpaired) electrons. The van der Waals surface area contributed by atoms with E-state index >= 15 is 0 Å². The van der Waals surface area contributed by atoms with Gasteiger partial charge in [0, 0.05) is 24.4 Å². The molecule has 1 aromatic rings. The van der Waals surface area contributed by atoms with Crippen LogP contribution in [0.4, 0.5) is 5.69 Å². The number of anilines is 1. The molecule has 1 unspecified atom stereocenters. The van der Waals surface area contributed by atoms with Crippen LogP contribution in [0.5, 0.6) is 0 Å². The third kappa shape index (κ3) is 7.42. The van der Waals surface area contributed by atoms with E-state index in [1.54, 1.807) is 0 Å². The molecule has 1 aromatic carbocycles. The van der Waals surface area contributed by atoms with E-state index in [-0.39, 0.29) is 11.4 Å². The summed E-state index contributed by atoms with van der Waals surface area (Å²) in [5, 5.41) is 18.0. The number of aryl methyl sites for hydroxylation is 1. The zero-order valence-electron chi connectivity index (χ0n) is 18.5. The van der Waals surface area contributed by atoms with Crippen LogP contribution in [0.3, 0.4) is 0 Å². The van der Waals surface area contributed by atoms with Crippen LogP contribution >= 0.6 is 0 Å². The highest BCUT2D eigenvalue weighted by Crippen LogP contribution is 2.43. The van der Waals surface area contributed by atoms with Gasteiger partial charge in [-0.15, -0.1) is 0 Å². The molecule has 0 aromatic heterocycles. The van der Waals surface area contributed by atoms with Crippen molar-refractivity contribution in [3.8, 4) is 0 Å². The molecule has 1 atom stereocenters. The number of rotatable bonds is 7. The van der Waals surface area contributed by atoms with Crippen LogP contribution in [-0.2, 0) is 19.1 Å². The van der Waals surface area contributed by atoms with Gasteiger partial charge in [-0.3, -0.25) is 4.79 Å². The summed E-state index contributed by atoms with van der Waals surface area (Å²) in [6.07, 6.45) is 1.91. The lowest BCUT2D eigenvalue weighted by Crippen LogP contribution is -2.54. The summed E-state index contributed by atoms with van der Waals surface area (Å²) in [5.41, 5.74) is 3.46. The van der Waals surface area contributed by atoms with E-state index in [9.17, 15) is 4.79 Å². The van der Waals surface area contributed by atoms with E-state index in [0.29, 0.717) is 12.5 Å². The smallest absolute Gasteiger partial charge is 0.414 e. The van der Waals surface area contributed by atoms with Crippen molar-refractivity contribution < 1.29 is 29.3 Å². The number of aliphatic carboxylic acids is 2. The number of carboxylic acid groups (broad SMARTS) is 2. The number of hydrogen-bond acceptors (Lipinski definition) is 5. The predicted molar refractivity (Wildman–Crippen MR) is 115 cm³/mol. The molecule has 0 fully saturated rings. The monoisotopic (exact) mass is 422 g/mol. The second-order valence-electron chi connectivity index (χ2n) is 8.05. The number of nitrogens with zero attached hydrogens (tertiary/aromatic N) is 1. The van der Waals surface area contributed by atoms with Crippen molar-refractivity contribution >= 4 is 23.5 Å². The minimum absolute atomic E-state index is 0.147. The Balaban J connectivity index is 0.000000656. The lowest BCUT2D eigenvalue weighted by atomic mass is 9.79. The summed E-state index contributed by atoms with van der Waals surface area (Å²) in [6.45, 7) is 13.4. The number of nitrogens with one attached hydrogen (secondary N) is 1. The number of benzene rings is 1. The number of hydrogen-bond donors (Lipinski definition) is 3. The number of carbonyl (C=O) groups is 3. The van der Waals surface area contributed by atoms with Gasteiger partial charge in [0.2, 0.25) is 5.91 Å². The quantitative estimate of drug-likeness (QED) is 0.457. The second kappa shape index (κ2) is 11.7. The summed E-state index contributed by atoms with van der Waals surface area (Å²) in [6, 6.07) is 6.43. The maximum absolute atomic E-state index is 12.9. The van der Waals surface area contributed by atoms with Crippen LogP contribution in [-0.4, -0.2) is 59.9 Å². The van der Waals surface area contributed by atoms with E-state index in [1.807, 2.05) is 11.8 Å². The SMILES string of the molecule is CCOCCCNCC(=O)N1c2ccc(C)cc2C(C)CC1(C)C.O=C(O)C(=O)O. The van der Waals surface area contributed by atoms with Gasteiger partial charge in [-0.05, 0) is 64.6 Å². The van der Waals surface area contributed by atoms with Crippen LogP contribution in [0.1, 0.15) is 57.6 Å². The van der Waals surface area contributed by atoms with Crippen molar-refractivity contribution in [2.24, 2.45) is 0 Å². The molecule has 8 nitrogen and oxygen atoms in total. The molecule has 8 heteroatoms. The van der Waals surface area contributed by atoms with Gasteiger partial charge in [0.1, 0.15) is 0 Å². The normalized spacial score (nSPS) is 16.8. The maximum atomic E-state index is 12.9. The molecule has 1 aliphatic heterocycles. The van der Waals surface area contributed by atoms with E-state index in [4.69, 9.17) is 24.5 Å². The first-order valence-corrected chi connectivity index (χ1v) is 10.2. The van der Waals surface area contributed by atoms with Crippen molar-refractivity contribution in [1.82, 2.24) is 5.32 Å². The molecule has 0 spiro atoms. The molecule has 30 heavy (non-hydrogen) atoms. The third-order valence-electron chi connectivity index (χ3n) is 4.92. The minimum atomic E-state index is -1.82. The first-order valence-electron chi connectivity index (χ1n) is 10.2. The van der Waals surface area contributed by atoms with E-state index in [1.165, 1.54) is 11.1 Å². The van der Waals surface area contributed by atoms with Gasteiger partial charge in [0.05, 0.1) is 6.54 Å². The Kier molecular flexibility index (Phi) is 9.95. The van der Waals surface area contributed by atoms with Crippen LogP contribution in [0.2, 0.25) is 0 Å². The fraction of sp³-hybridized carbons (Fsp3) is 0.591. The molecule has 1 amide bonds. The number of ether oxygens (including phenoxy) is 1. The standard InChI is InChI=1S/C20H32N2O2.C2H2O4/c1-6-24-11-7-10-21-14-19(23)22-18-9-8-15(2)12-17(18)16(3)13-20(22,4)5;3-1(4)2(5)6/h8-9,12,16,21H,6-7,10-11,13-14H2,1-5H3;(H,3,4)(H,5,6). The first kappa shape index (κ1) is 25.6. The van der Waals surface area contributed by atoms with E-state index < -0.39 is 11.9 Å². The van der Waals surface area contributed by atoms with E-state index in [2.05, 4.69) is 51.2 Å². The van der Waals surface area contributed by atoms with Crippen molar-refractivity contribution in [2.45, 2.75) is 58.9 Å². The fourth-order valence-electron chi connectivity index (χ4n) is 3.74. The fourth-order valence-corrected chi connectivity index (χ4v) is 3.74. The van der Waals surface area contributed by atoms with Crippen molar-refractivity contribution in [3.63, 3.8) is 0 Å². The van der Waals surface area contributed by atoms with Gasteiger partial charge in [-0.2, -0.15) is 0 Å². The highest BCUT2D eigenvalue weighted by atomic mass is 16.5. The Morgan fingerprint density at radius 2 is 1.87 bits per heavy atom. The Morgan fingerprint density at radius 1 is 1.23 bits per heavy atom. The summed E-state index contributed by atoms with van der Waals surface area (Å²) in [5.74, 6) is -3.03. The summed E-state index contributed by atoms with van der Waals surface area (Å²) < 4.78 is 5.32. The van der Waals surface area contributed by atoms with Gasteiger partial charge in [0.25, 0.3) is 0 Å². The van der Waals surface area contributed by atoms with Crippen LogP contribution < -0.4 is 10.2 Å². The molecule has 1 heterocycles. The van der Waals surface area contributed by atoms with Gasteiger partial charge in [0.15, 0.2) is 0 Å². The highest BCUT2D eigenvalue weighted by molar-refractivity contribution is 6.27. The first-order chi connectivity index (χ1) is 14.0. The van der Waals surface area contributed by atoms with Crippen molar-refractivity contribution in [2.75, 3.05) is 31.2 Å². The molecule has 0 saturated heterocycles. The average Bonchev–Trinajstić information content (AvgIpc) is 2.65. The van der Waals surface area contributed by atoms with Gasteiger partial charge in [-0.25, -0.2) is 9.59 Å². The number of carboxylic acids is 2. The lowest BCUT2D eigenvalue weighted by Gasteiger charge is -2.46. The molecule has 0 bridgehead atoms. The molecule has 0 aliphatic carbocycles. The molecule has 2 rings (SSSR count). The van der Waals surface area contributed by atoms with Gasteiger partial charge < -0.3 is 25.2 Å². The van der Waals surface area contributed by atoms with Gasteiger partial charge >= 0.3 is 11.9 Å². The Hall–Kier alpha value is -2.45. The Morgan fingerprint density at radius 3 is 2.43 bits per heavy atom. The van der Waals surface area contributed by atoms with Crippen molar-refractivity contribution in [1.29, 1.82) is 0 Å². The largest absolute Gasteiger partial charge is 0.473 e.